The van der Waals surface area contributed by atoms with Gasteiger partial charge in [0, 0.05) is 0 Å². The van der Waals surface area contributed by atoms with Crippen LogP contribution in [-0.2, 0) is 9.53 Å². The van der Waals surface area contributed by atoms with Gasteiger partial charge in [-0.3, -0.25) is 9.69 Å². The largest absolute Gasteiger partial charge is 0.459 e. The fourth-order valence-corrected chi connectivity index (χ4v) is 1.43. The summed E-state index contributed by atoms with van der Waals surface area (Å²) >= 11 is 0. The molecule has 0 spiro atoms. The summed E-state index contributed by atoms with van der Waals surface area (Å²) in [6, 6.07) is -0.870. The third-order valence-corrected chi connectivity index (χ3v) is 2.33. The van der Waals surface area contributed by atoms with Crippen LogP contribution in [0.25, 0.3) is 0 Å². The molecule has 15 heavy (non-hydrogen) atoms. The minimum Gasteiger partial charge on any atom is -0.459 e. The maximum atomic E-state index is 12.8. The molecule has 0 amide bonds. The quantitative estimate of drug-likeness (QED) is 0.664. The van der Waals surface area contributed by atoms with Crippen molar-refractivity contribution in [3.05, 3.63) is 0 Å². The Morgan fingerprint density at radius 1 is 1.53 bits per heavy atom. The van der Waals surface area contributed by atoms with E-state index in [0.717, 1.165) is 0 Å². The zero-order valence-corrected chi connectivity index (χ0v) is 9.51. The Bertz CT molecular complexity index is 261. The number of esters is 1. The number of likely N-dealkylation sites (tertiary alicyclic amines) is 1. The third kappa shape index (κ3) is 3.12. The van der Waals surface area contributed by atoms with Gasteiger partial charge in [0.2, 0.25) is 0 Å². The van der Waals surface area contributed by atoms with E-state index in [-0.39, 0.29) is 13.1 Å². The molecule has 5 heteroatoms. The van der Waals surface area contributed by atoms with Gasteiger partial charge in [0.1, 0.15) is 5.60 Å². The second-order valence-electron chi connectivity index (χ2n) is 4.93. The van der Waals surface area contributed by atoms with Crippen molar-refractivity contribution in [2.45, 2.75) is 45.3 Å². The lowest BCUT2D eigenvalue weighted by Crippen LogP contribution is -2.64. The normalized spacial score (nSPS) is 25.9. The van der Waals surface area contributed by atoms with Crippen molar-refractivity contribution in [3.8, 4) is 0 Å². The van der Waals surface area contributed by atoms with E-state index in [1.807, 2.05) is 0 Å². The zero-order chi connectivity index (χ0) is 11.9. The summed E-state index contributed by atoms with van der Waals surface area (Å²) in [7, 11) is 0. The molecule has 1 aliphatic heterocycles. The van der Waals surface area contributed by atoms with Crippen molar-refractivity contribution < 1.29 is 18.3 Å². The second kappa shape index (κ2) is 3.70. The Morgan fingerprint density at radius 2 is 2.07 bits per heavy atom. The van der Waals surface area contributed by atoms with Gasteiger partial charge in [-0.25, -0.2) is 8.78 Å². The predicted molar refractivity (Wildman–Crippen MR) is 51.8 cm³/mol. The summed E-state index contributed by atoms with van der Waals surface area (Å²) in [6.45, 7) is 6.24. The van der Waals surface area contributed by atoms with Crippen LogP contribution in [0.1, 0.15) is 27.7 Å². The van der Waals surface area contributed by atoms with Crippen molar-refractivity contribution in [1.82, 2.24) is 4.90 Å². The second-order valence-corrected chi connectivity index (χ2v) is 4.93. The van der Waals surface area contributed by atoms with Gasteiger partial charge in [0.15, 0.2) is 0 Å². The van der Waals surface area contributed by atoms with Gasteiger partial charge in [-0.1, -0.05) is 0 Å². The number of hydrogen-bond acceptors (Lipinski definition) is 3. The van der Waals surface area contributed by atoms with Crippen LogP contribution >= 0.6 is 0 Å². The van der Waals surface area contributed by atoms with Gasteiger partial charge < -0.3 is 4.74 Å². The van der Waals surface area contributed by atoms with E-state index in [0.29, 0.717) is 0 Å². The Kier molecular flexibility index (Phi) is 3.05. The molecule has 0 saturated carbocycles. The lowest BCUT2D eigenvalue weighted by molar-refractivity contribution is -0.189. The van der Waals surface area contributed by atoms with Gasteiger partial charge in [0.05, 0.1) is 19.1 Å². The lowest BCUT2D eigenvalue weighted by atomic mass is 10.0. The van der Waals surface area contributed by atoms with Crippen LogP contribution in [0, 0.1) is 0 Å². The Hall–Kier alpha value is -0.710. The highest BCUT2D eigenvalue weighted by atomic mass is 19.3. The molecule has 1 aliphatic rings. The summed E-state index contributed by atoms with van der Waals surface area (Å²) < 4.78 is 30.6. The molecule has 1 heterocycles. The number of halogens is 2. The summed E-state index contributed by atoms with van der Waals surface area (Å²) in [6.07, 6.45) is 0. The predicted octanol–water partition coefficient (Wildman–Crippen LogP) is 1.67. The third-order valence-electron chi connectivity index (χ3n) is 2.33. The fourth-order valence-electron chi connectivity index (χ4n) is 1.43. The maximum Gasteiger partial charge on any atom is 0.320 e. The molecule has 1 atom stereocenters. The lowest BCUT2D eigenvalue weighted by Gasteiger charge is -2.45. The molecule has 1 saturated heterocycles. The van der Waals surface area contributed by atoms with Gasteiger partial charge in [-0.15, -0.1) is 0 Å². The molecule has 1 fully saturated rings. The fraction of sp³-hybridized carbons (Fsp3) is 0.900. The SMILES string of the molecule is CC1N(CC(=O)OC(C)(C)C)CC1(F)F. The van der Waals surface area contributed by atoms with E-state index in [2.05, 4.69) is 0 Å². The van der Waals surface area contributed by atoms with E-state index < -0.39 is 23.5 Å². The van der Waals surface area contributed by atoms with Crippen LogP contribution in [0.3, 0.4) is 0 Å². The number of ether oxygens (including phenoxy) is 1. The smallest absolute Gasteiger partial charge is 0.320 e. The van der Waals surface area contributed by atoms with Crippen molar-refractivity contribution in [2.24, 2.45) is 0 Å². The maximum absolute atomic E-state index is 12.8. The molecule has 0 aliphatic carbocycles. The monoisotopic (exact) mass is 221 g/mol. The Labute approximate surface area is 88.4 Å². The van der Waals surface area contributed by atoms with Crippen LogP contribution in [-0.4, -0.2) is 41.5 Å². The van der Waals surface area contributed by atoms with Crippen LogP contribution in [0.15, 0.2) is 0 Å². The number of rotatable bonds is 2. The molecule has 1 unspecified atom stereocenters. The molecule has 0 radical (unpaired) electrons. The summed E-state index contributed by atoms with van der Waals surface area (Å²) in [4.78, 5) is 12.7. The van der Waals surface area contributed by atoms with Crippen molar-refractivity contribution >= 4 is 5.97 Å². The van der Waals surface area contributed by atoms with Gasteiger partial charge in [-0.05, 0) is 27.7 Å². The first kappa shape index (κ1) is 12.4. The summed E-state index contributed by atoms with van der Waals surface area (Å²) in [5.74, 6) is -3.12. The molecular weight excluding hydrogens is 204 g/mol. The average molecular weight is 221 g/mol. The Balaban J connectivity index is 2.36. The Morgan fingerprint density at radius 3 is 2.40 bits per heavy atom. The van der Waals surface area contributed by atoms with Crippen LogP contribution in [0.4, 0.5) is 8.78 Å². The first-order valence-electron chi connectivity index (χ1n) is 4.95. The van der Waals surface area contributed by atoms with Crippen molar-refractivity contribution in [3.63, 3.8) is 0 Å². The van der Waals surface area contributed by atoms with Crippen molar-refractivity contribution in [1.29, 1.82) is 0 Å². The molecule has 88 valence electrons. The molecule has 0 aromatic carbocycles. The topological polar surface area (TPSA) is 29.5 Å². The van der Waals surface area contributed by atoms with E-state index in [4.69, 9.17) is 4.74 Å². The summed E-state index contributed by atoms with van der Waals surface area (Å²) in [5, 5.41) is 0. The number of carbonyl (C=O) groups is 1. The van der Waals surface area contributed by atoms with E-state index in [1.165, 1.54) is 11.8 Å². The zero-order valence-electron chi connectivity index (χ0n) is 9.51. The molecule has 0 N–H and O–H groups in total. The average Bonchev–Trinajstić information content (AvgIpc) is 1.99. The van der Waals surface area contributed by atoms with Crippen LogP contribution < -0.4 is 0 Å². The van der Waals surface area contributed by atoms with Crippen LogP contribution in [0.5, 0.6) is 0 Å². The first-order valence-corrected chi connectivity index (χ1v) is 4.95. The minimum absolute atomic E-state index is 0.0615. The minimum atomic E-state index is -2.66. The van der Waals surface area contributed by atoms with E-state index >= 15 is 0 Å². The van der Waals surface area contributed by atoms with Crippen LogP contribution in [0.2, 0.25) is 0 Å². The standard InChI is InChI=1S/C10H17F2NO2/c1-7-10(11,12)6-13(7)5-8(14)15-9(2,3)4/h7H,5-6H2,1-4H3. The molecule has 1 rings (SSSR count). The van der Waals surface area contributed by atoms with E-state index in [1.54, 1.807) is 20.8 Å². The highest BCUT2D eigenvalue weighted by molar-refractivity contribution is 5.72. The summed E-state index contributed by atoms with van der Waals surface area (Å²) in [5.41, 5.74) is -0.562. The number of alkyl halides is 2. The molecule has 0 aromatic rings. The number of carbonyl (C=O) groups excluding carboxylic acids is 1. The molecular formula is C10H17F2NO2. The molecule has 0 aromatic heterocycles. The van der Waals surface area contributed by atoms with Crippen molar-refractivity contribution in [2.75, 3.05) is 13.1 Å². The molecule has 3 nitrogen and oxygen atoms in total. The van der Waals surface area contributed by atoms with Gasteiger partial charge in [-0.2, -0.15) is 0 Å². The highest BCUT2D eigenvalue weighted by Gasteiger charge is 2.52. The van der Waals surface area contributed by atoms with Gasteiger partial charge in [0.25, 0.3) is 5.92 Å². The highest BCUT2D eigenvalue weighted by Crippen LogP contribution is 2.33. The first-order chi connectivity index (χ1) is 6.62. The van der Waals surface area contributed by atoms with Gasteiger partial charge >= 0.3 is 5.97 Å². The molecule has 0 bridgehead atoms. The van der Waals surface area contributed by atoms with E-state index in [9.17, 15) is 13.6 Å². The number of nitrogens with zero attached hydrogens (tertiary/aromatic N) is 1. The number of hydrogen-bond donors (Lipinski definition) is 0.